The van der Waals surface area contributed by atoms with E-state index in [4.69, 9.17) is 0 Å². The van der Waals surface area contributed by atoms with Crippen LogP contribution >= 0.6 is 0 Å². The van der Waals surface area contributed by atoms with Crippen LogP contribution in [-0.4, -0.2) is 11.0 Å². The van der Waals surface area contributed by atoms with E-state index in [2.05, 4.69) is 48.4 Å². The molecule has 0 saturated heterocycles. The monoisotopic (exact) mass is 254 g/mol. The first-order chi connectivity index (χ1) is 9.17. The summed E-state index contributed by atoms with van der Waals surface area (Å²) in [5.74, 6) is 0. The zero-order valence-electron chi connectivity index (χ0n) is 11.8. The van der Waals surface area contributed by atoms with Crippen LogP contribution < -0.4 is 5.32 Å². The third-order valence-corrected chi connectivity index (χ3v) is 4.55. The standard InChI is InChI=1S/C17H22N2/c1-17(2)9-5-8-16(17)19-12-14-11-18-10-13-6-3-4-7-15(13)14/h3-4,6-7,10-11,16,19H,5,8-9,12H2,1-2H3. The Morgan fingerprint density at radius 2 is 2.11 bits per heavy atom. The molecule has 1 saturated carbocycles. The third-order valence-electron chi connectivity index (χ3n) is 4.55. The molecule has 2 heteroatoms. The Labute approximate surface area is 115 Å². The van der Waals surface area contributed by atoms with Crippen molar-refractivity contribution >= 4 is 10.8 Å². The molecule has 1 aromatic carbocycles. The number of nitrogens with one attached hydrogen (secondary N) is 1. The summed E-state index contributed by atoms with van der Waals surface area (Å²) in [7, 11) is 0. The molecule has 1 heterocycles. The molecule has 2 nitrogen and oxygen atoms in total. The Hall–Kier alpha value is -1.41. The van der Waals surface area contributed by atoms with Crippen LogP contribution in [0.15, 0.2) is 36.7 Å². The molecule has 1 N–H and O–H groups in total. The number of aromatic nitrogens is 1. The lowest BCUT2D eigenvalue weighted by Crippen LogP contribution is -2.37. The number of benzene rings is 1. The van der Waals surface area contributed by atoms with Gasteiger partial charge in [0.2, 0.25) is 0 Å². The van der Waals surface area contributed by atoms with Gasteiger partial charge in [0.05, 0.1) is 0 Å². The van der Waals surface area contributed by atoms with E-state index in [1.807, 2.05) is 12.4 Å². The van der Waals surface area contributed by atoms with Gasteiger partial charge in [-0.05, 0) is 29.2 Å². The van der Waals surface area contributed by atoms with Gasteiger partial charge >= 0.3 is 0 Å². The molecule has 1 aromatic heterocycles. The predicted octanol–water partition coefficient (Wildman–Crippen LogP) is 3.90. The zero-order chi connectivity index (χ0) is 13.3. The molecule has 0 spiro atoms. The third kappa shape index (κ3) is 2.50. The maximum Gasteiger partial charge on any atom is 0.0346 e. The van der Waals surface area contributed by atoms with Gasteiger partial charge in [-0.15, -0.1) is 0 Å². The van der Waals surface area contributed by atoms with Crippen molar-refractivity contribution in [3.8, 4) is 0 Å². The Balaban J connectivity index is 1.79. The van der Waals surface area contributed by atoms with Gasteiger partial charge in [-0.3, -0.25) is 4.98 Å². The summed E-state index contributed by atoms with van der Waals surface area (Å²) in [6.45, 7) is 5.67. The summed E-state index contributed by atoms with van der Waals surface area (Å²) in [4.78, 5) is 4.35. The molecular formula is C17H22N2. The maximum atomic E-state index is 4.35. The number of rotatable bonds is 3. The summed E-state index contributed by atoms with van der Waals surface area (Å²) < 4.78 is 0. The Morgan fingerprint density at radius 1 is 1.26 bits per heavy atom. The van der Waals surface area contributed by atoms with E-state index >= 15 is 0 Å². The topological polar surface area (TPSA) is 24.9 Å². The average molecular weight is 254 g/mol. The molecule has 100 valence electrons. The van der Waals surface area contributed by atoms with Gasteiger partial charge in [0.15, 0.2) is 0 Å². The molecule has 3 rings (SSSR count). The number of nitrogens with zero attached hydrogens (tertiary/aromatic N) is 1. The van der Waals surface area contributed by atoms with Crippen LogP contribution in [-0.2, 0) is 6.54 Å². The van der Waals surface area contributed by atoms with Crippen LogP contribution in [0.5, 0.6) is 0 Å². The highest BCUT2D eigenvalue weighted by Crippen LogP contribution is 2.37. The number of hydrogen-bond acceptors (Lipinski definition) is 2. The van der Waals surface area contributed by atoms with Crippen LogP contribution in [0.25, 0.3) is 10.8 Å². The minimum Gasteiger partial charge on any atom is -0.309 e. The van der Waals surface area contributed by atoms with Crippen molar-refractivity contribution < 1.29 is 0 Å². The molecule has 0 aliphatic heterocycles. The van der Waals surface area contributed by atoms with E-state index in [-0.39, 0.29) is 0 Å². The molecule has 1 aliphatic carbocycles. The molecular weight excluding hydrogens is 232 g/mol. The minimum atomic E-state index is 0.429. The van der Waals surface area contributed by atoms with Gasteiger partial charge < -0.3 is 5.32 Å². The van der Waals surface area contributed by atoms with Crippen molar-refractivity contribution in [2.75, 3.05) is 0 Å². The molecule has 19 heavy (non-hydrogen) atoms. The fourth-order valence-electron chi connectivity index (χ4n) is 3.26. The van der Waals surface area contributed by atoms with Crippen LogP contribution in [0.4, 0.5) is 0 Å². The molecule has 1 unspecified atom stereocenters. The lowest BCUT2D eigenvalue weighted by Gasteiger charge is -2.28. The van der Waals surface area contributed by atoms with Gasteiger partial charge in [-0.1, -0.05) is 44.5 Å². The molecule has 1 aliphatic rings. The predicted molar refractivity (Wildman–Crippen MR) is 80.0 cm³/mol. The highest BCUT2D eigenvalue weighted by Gasteiger charge is 2.33. The second-order valence-electron chi connectivity index (χ2n) is 6.33. The van der Waals surface area contributed by atoms with Crippen LogP contribution in [0.2, 0.25) is 0 Å². The second-order valence-corrected chi connectivity index (χ2v) is 6.33. The fourth-order valence-corrected chi connectivity index (χ4v) is 3.26. The lowest BCUT2D eigenvalue weighted by atomic mass is 9.87. The molecule has 1 atom stereocenters. The minimum absolute atomic E-state index is 0.429. The second kappa shape index (κ2) is 4.93. The summed E-state index contributed by atoms with van der Waals surface area (Å²) >= 11 is 0. The molecule has 2 aromatic rings. The normalized spacial score (nSPS) is 21.9. The smallest absolute Gasteiger partial charge is 0.0346 e. The van der Waals surface area contributed by atoms with Crippen LogP contribution in [0.1, 0.15) is 38.7 Å². The number of pyridine rings is 1. The highest BCUT2D eigenvalue weighted by molar-refractivity contribution is 5.84. The average Bonchev–Trinajstić information content (AvgIpc) is 2.75. The zero-order valence-corrected chi connectivity index (χ0v) is 11.8. The van der Waals surface area contributed by atoms with Crippen molar-refractivity contribution in [1.29, 1.82) is 0 Å². The van der Waals surface area contributed by atoms with Crippen molar-refractivity contribution in [2.24, 2.45) is 5.41 Å². The molecule has 1 fully saturated rings. The first kappa shape index (κ1) is 12.6. The maximum absolute atomic E-state index is 4.35. The Bertz CT molecular complexity index is 569. The number of fused-ring (bicyclic) bond motifs is 1. The van der Waals surface area contributed by atoms with E-state index in [0.29, 0.717) is 11.5 Å². The van der Waals surface area contributed by atoms with E-state index < -0.39 is 0 Å². The summed E-state index contributed by atoms with van der Waals surface area (Å²) in [5, 5.41) is 6.29. The van der Waals surface area contributed by atoms with Gasteiger partial charge in [0.25, 0.3) is 0 Å². The fraction of sp³-hybridized carbons (Fsp3) is 0.471. The van der Waals surface area contributed by atoms with Gasteiger partial charge in [-0.25, -0.2) is 0 Å². The van der Waals surface area contributed by atoms with Crippen LogP contribution in [0, 0.1) is 5.41 Å². The largest absolute Gasteiger partial charge is 0.309 e. The Kier molecular flexibility index (Phi) is 3.28. The van der Waals surface area contributed by atoms with E-state index in [1.54, 1.807) is 0 Å². The molecule has 0 radical (unpaired) electrons. The van der Waals surface area contributed by atoms with Crippen LogP contribution in [0.3, 0.4) is 0 Å². The van der Waals surface area contributed by atoms with Crippen molar-refractivity contribution in [1.82, 2.24) is 10.3 Å². The quantitative estimate of drug-likeness (QED) is 0.898. The van der Waals surface area contributed by atoms with Gasteiger partial charge in [-0.2, -0.15) is 0 Å². The van der Waals surface area contributed by atoms with Crippen molar-refractivity contribution in [3.05, 3.63) is 42.2 Å². The summed E-state index contributed by atoms with van der Waals surface area (Å²) in [6.07, 6.45) is 7.91. The van der Waals surface area contributed by atoms with Crippen molar-refractivity contribution in [2.45, 2.75) is 45.7 Å². The van der Waals surface area contributed by atoms with Gasteiger partial charge in [0, 0.05) is 30.4 Å². The van der Waals surface area contributed by atoms with E-state index in [0.717, 1.165) is 6.54 Å². The Morgan fingerprint density at radius 3 is 2.89 bits per heavy atom. The first-order valence-corrected chi connectivity index (χ1v) is 7.22. The highest BCUT2D eigenvalue weighted by atomic mass is 14.9. The number of hydrogen-bond donors (Lipinski definition) is 1. The van der Waals surface area contributed by atoms with E-state index in [1.165, 1.54) is 35.6 Å². The van der Waals surface area contributed by atoms with E-state index in [9.17, 15) is 0 Å². The van der Waals surface area contributed by atoms with Gasteiger partial charge in [0.1, 0.15) is 0 Å². The SMILES string of the molecule is CC1(C)CCCC1NCc1cncc2ccccc12. The van der Waals surface area contributed by atoms with Crippen molar-refractivity contribution in [3.63, 3.8) is 0 Å². The summed E-state index contributed by atoms with van der Waals surface area (Å²) in [5.41, 5.74) is 1.73. The first-order valence-electron chi connectivity index (χ1n) is 7.22. The lowest BCUT2D eigenvalue weighted by molar-refractivity contribution is 0.283. The molecule has 0 bridgehead atoms. The summed E-state index contributed by atoms with van der Waals surface area (Å²) in [6, 6.07) is 9.12. The molecule has 0 amide bonds.